The number of methoxy groups -OCH3 is 1. The fourth-order valence-electron chi connectivity index (χ4n) is 5.88. The highest BCUT2D eigenvalue weighted by molar-refractivity contribution is 7.22. The van der Waals surface area contributed by atoms with Crippen LogP contribution in [0.25, 0.3) is 21.5 Å². The molecule has 5 aromatic rings. The minimum absolute atomic E-state index is 0.0185. The molecule has 7 rings (SSSR count). The van der Waals surface area contributed by atoms with Gasteiger partial charge in [-0.25, -0.2) is 14.4 Å². The van der Waals surface area contributed by atoms with Crippen molar-refractivity contribution in [3.63, 3.8) is 0 Å². The van der Waals surface area contributed by atoms with Crippen LogP contribution < -0.4 is 20.5 Å². The largest absolute Gasteiger partial charge is 0.494 e. The summed E-state index contributed by atoms with van der Waals surface area (Å²) in [5.74, 6) is -1.39. The summed E-state index contributed by atoms with van der Waals surface area (Å²) >= 11 is 1.17. The van der Waals surface area contributed by atoms with E-state index in [-0.39, 0.29) is 40.4 Å². The third-order valence-electron chi connectivity index (χ3n) is 8.46. The summed E-state index contributed by atoms with van der Waals surface area (Å²) in [5.41, 5.74) is 1.73. The summed E-state index contributed by atoms with van der Waals surface area (Å²) in [4.78, 5) is 22.3. The molecule has 1 aliphatic heterocycles. The molecule has 4 N–H and O–H groups in total. The number of carbonyl (C=O) groups excluding carboxylic acids is 1. The Morgan fingerprint density at radius 1 is 1.17 bits per heavy atom. The molecule has 46 heavy (non-hydrogen) atoms. The number of hydrogen-bond acceptors (Lipinski definition) is 10. The number of alkyl halides is 3. The Morgan fingerprint density at radius 2 is 1.89 bits per heavy atom. The van der Waals surface area contributed by atoms with Crippen molar-refractivity contribution < 1.29 is 36.9 Å². The van der Waals surface area contributed by atoms with Crippen molar-refractivity contribution in [3.8, 4) is 22.8 Å². The average Bonchev–Trinajstić information content (AvgIpc) is 3.40. The van der Waals surface area contributed by atoms with Gasteiger partial charge in [0.2, 0.25) is 5.54 Å². The molecular formula is C30H25F4N7O4S. The number of amides is 1. The number of aliphatic hydroxyl groups is 1. The van der Waals surface area contributed by atoms with E-state index in [1.54, 1.807) is 6.07 Å². The first-order valence-electron chi connectivity index (χ1n) is 14.1. The molecule has 1 unspecified atom stereocenters. The number of benzene rings is 2. The maximum absolute atomic E-state index is 15.1. The Labute approximate surface area is 262 Å². The zero-order valence-corrected chi connectivity index (χ0v) is 24.8. The lowest BCUT2D eigenvalue weighted by Crippen LogP contribution is -2.50. The SMILES string of the molecule is COc1cc(C(=O)NCC(O)(c2cc3c(c(-c4ccc(F)cc4)n2)OC[C@@]3(n2cnnc2)C(F)(F)F)C2CC2)cc2sc(N)nc12. The van der Waals surface area contributed by atoms with Crippen molar-refractivity contribution in [2.45, 2.75) is 30.2 Å². The first kappa shape index (κ1) is 29.9. The van der Waals surface area contributed by atoms with Gasteiger partial charge in [-0.05, 0) is 61.2 Å². The van der Waals surface area contributed by atoms with E-state index in [4.69, 9.17) is 15.2 Å². The van der Waals surface area contributed by atoms with Crippen LogP contribution in [-0.2, 0) is 11.1 Å². The molecule has 2 atom stereocenters. The van der Waals surface area contributed by atoms with E-state index < -0.39 is 41.6 Å². The molecule has 1 aliphatic carbocycles. The molecule has 16 heteroatoms. The molecule has 1 saturated carbocycles. The summed E-state index contributed by atoms with van der Waals surface area (Å²) < 4.78 is 71.7. The van der Waals surface area contributed by atoms with Crippen molar-refractivity contribution >= 4 is 32.6 Å². The average molecular weight is 656 g/mol. The molecular weight excluding hydrogens is 630 g/mol. The summed E-state index contributed by atoms with van der Waals surface area (Å²) in [6.45, 7) is -1.23. The highest BCUT2D eigenvalue weighted by atomic mass is 32.1. The summed E-state index contributed by atoms with van der Waals surface area (Å²) in [7, 11) is 1.43. The van der Waals surface area contributed by atoms with Gasteiger partial charge in [0.1, 0.15) is 47.6 Å². The molecule has 2 aromatic carbocycles. The van der Waals surface area contributed by atoms with E-state index in [2.05, 4.69) is 25.5 Å². The Kier molecular flexibility index (Phi) is 6.90. The van der Waals surface area contributed by atoms with E-state index in [1.165, 1.54) is 42.7 Å². The minimum atomic E-state index is -4.90. The van der Waals surface area contributed by atoms with Crippen LogP contribution in [0.2, 0.25) is 0 Å². The third kappa shape index (κ3) is 4.70. The summed E-state index contributed by atoms with van der Waals surface area (Å²) in [6.07, 6.45) is -1.92. The number of aromatic nitrogens is 5. The zero-order chi connectivity index (χ0) is 32.4. The minimum Gasteiger partial charge on any atom is -0.494 e. The van der Waals surface area contributed by atoms with Crippen molar-refractivity contribution in [3.05, 3.63) is 77.8 Å². The van der Waals surface area contributed by atoms with Crippen LogP contribution >= 0.6 is 11.3 Å². The third-order valence-corrected chi connectivity index (χ3v) is 9.29. The fourth-order valence-corrected chi connectivity index (χ4v) is 6.67. The predicted molar refractivity (Wildman–Crippen MR) is 158 cm³/mol. The monoisotopic (exact) mass is 655 g/mol. The van der Waals surface area contributed by atoms with Gasteiger partial charge >= 0.3 is 6.18 Å². The van der Waals surface area contributed by atoms with Gasteiger partial charge in [-0.15, -0.1) is 10.2 Å². The number of halogens is 4. The molecule has 238 valence electrons. The Hall–Kier alpha value is -4.83. The molecule has 0 radical (unpaired) electrons. The standard InChI is InChI=1S/C30H25F4N7O4S/c1-44-20-8-16(9-21-24(20)40-27(35)46-21)26(42)36-11-28(43,17-4-5-17)22-10-19-25(23(39-22)15-2-6-18(31)7-3-15)45-12-29(19,30(32,33)34)41-13-37-38-14-41/h2-3,6-10,13-14,17,43H,4-5,11-12H2,1H3,(H2,35,40)(H,36,42)/t28?,29-/m0/s1. The van der Waals surface area contributed by atoms with Crippen LogP contribution in [0.1, 0.15) is 34.5 Å². The van der Waals surface area contributed by atoms with Gasteiger partial charge in [0.25, 0.3) is 5.91 Å². The zero-order valence-electron chi connectivity index (χ0n) is 24.0. The number of fused-ring (bicyclic) bond motifs is 2. The van der Waals surface area contributed by atoms with Gasteiger partial charge in [-0.3, -0.25) is 9.36 Å². The number of ether oxygens (including phenoxy) is 2. The number of hydrogen-bond donors (Lipinski definition) is 3. The number of rotatable bonds is 8. The molecule has 0 bridgehead atoms. The van der Waals surface area contributed by atoms with Gasteiger partial charge in [0.15, 0.2) is 10.9 Å². The lowest BCUT2D eigenvalue weighted by Gasteiger charge is -2.33. The molecule has 3 aromatic heterocycles. The number of nitrogens with zero attached hydrogens (tertiary/aromatic N) is 5. The first-order chi connectivity index (χ1) is 21.9. The number of nitrogens with two attached hydrogens (primary N) is 1. The Balaban J connectivity index is 1.33. The second kappa shape index (κ2) is 10.6. The molecule has 11 nitrogen and oxygen atoms in total. The number of anilines is 1. The van der Waals surface area contributed by atoms with Crippen LogP contribution in [0.5, 0.6) is 11.5 Å². The highest BCUT2D eigenvalue weighted by Crippen LogP contribution is 2.54. The smallest absolute Gasteiger partial charge is 0.419 e. The highest BCUT2D eigenvalue weighted by Gasteiger charge is 2.63. The van der Waals surface area contributed by atoms with Crippen LogP contribution in [0.15, 0.2) is 55.1 Å². The number of pyridine rings is 1. The maximum atomic E-state index is 15.1. The van der Waals surface area contributed by atoms with Gasteiger partial charge in [0.05, 0.1) is 24.0 Å². The normalized spacial score (nSPS) is 19.0. The van der Waals surface area contributed by atoms with Gasteiger partial charge < -0.3 is 25.6 Å². The molecule has 1 fully saturated rings. The Bertz CT molecular complexity index is 1960. The number of thiazole rings is 1. The van der Waals surface area contributed by atoms with Crippen molar-refractivity contribution in [2.75, 3.05) is 26.0 Å². The number of nitrogens with one attached hydrogen (secondary N) is 1. The van der Waals surface area contributed by atoms with Crippen molar-refractivity contribution in [2.24, 2.45) is 5.92 Å². The molecule has 4 heterocycles. The summed E-state index contributed by atoms with van der Waals surface area (Å²) in [6, 6.07) is 9.28. The van der Waals surface area contributed by atoms with Crippen LogP contribution in [0.3, 0.4) is 0 Å². The van der Waals surface area contributed by atoms with Gasteiger partial charge in [-0.2, -0.15) is 13.2 Å². The predicted octanol–water partition coefficient (Wildman–Crippen LogP) is 4.41. The molecule has 1 amide bonds. The molecule has 0 spiro atoms. The number of carbonyl (C=O) groups is 1. The molecule has 2 aliphatic rings. The van der Waals surface area contributed by atoms with Crippen LogP contribution in [0, 0.1) is 11.7 Å². The van der Waals surface area contributed by atoms with Crippen LogP contribution in [-0.4, -0.2) is 62.2 Å². The Morgan fingerprint density at radius 3 is 2.54 bits per heavy atom. The van der Waals surface area contributed by atoms with Crippen molar-refractivity contribution in [1.29, 1.82) is 0 Å². The first-order valence-corrected chi connectivity index (χ1v) is 14.9. The van der Waals surface area contributed by atoms with Gasteiger partial charge in [-0.1, -0.05) is 11.3 Å². The topological polar surface area (TPSA) is 150 Å². The lowest BCUT2D eigenvalue weighted by molar-refractivity contribution is -0.202. The van der Waals surface area contributed by atoms with E-state index in [1.807, 2.05) is 0 Å². The van der Waals surface area contributed by atoms with E-state index in [9.17, 15) is 14.3 Å². The van der Waals surface area contributed by atoms with E-state index in [0.717, 1.165) is 29.4 Å². The van der Waals surface area contributed by atoms with Crippen molar-refractivity contribution in [1.82, 2.24) is 30.0 Å². The summed E-state index contributed by atoms with van der Waals surface area (Å²) in [5, 5.41) is 22.4. The van der Waals surface area contributed by atoms with Gasteiger partial charge in [0, 0.05) is 16.7 Å². The second-order valence-electron chi connectivity index (χ2n) is 11.2. The molecule has 0 saturated heterocycles. The van der Waals surface area contributed by atoms with E-state index in [0.29, 0.717) is 33.9 Å². The quantitative estimate of drug-likeness (QED) is 0.207. The maximum Gasteiger partial charge on any atom is 0.419 e. The fraction of sp³-hybridized carbons (Fsp3) is 0.300. The van der Waals surface area contributed by atoms with Crippen LogP contribution in [0.4, 0.5) is 22.7 Å². The number of nitrogen functional groups attached to an aromatic ring is 1. The van der Waals surface area contributed by atoms with E-state index >= 15 is 13.2 Å². The lowest BCUT2D eigenvalue weighted by atomic mass is 9.85. The second-order valence-corrected chi connectivity index (χ2v) is 12.3.